The third-order valence-corrected chi connectivity index (χ3v) is 2.22. The van der Waals surface area contributed by atoms with Crippen LogP contribution in [0.25, 0.3) is 0 Å². The average Bonchev–Trinajstić information content (AvgIpc) is 2.07. The first-order valence-corrected chi connectivity index (χ1v) is 4.17. The Bertz CT molecular complexity index is 107. The zero-order valence-electron chi connectivity index (χ0n) is 6.65. The average molecular weight is 184 g/mol. The number of hydrogen-bond donors (Lipinski definition) is 0. The lowest BCUT2D eigenvalue weighted by Crippen LogP contribution is -2.28. The number of alkyl halides is 4. The second-order valence-corrected chi connectivity index (χ2v) is 3.22. The topological polar surface area (TPSA) is 0 Å². The van der Waals surface area contributed by atoms with Crippen molar-refractivity contribution in [2.75, 3.05) is 0 Å². The van der Waals surface area contributed by atoms with Crippen LogP contribution in [-0.4, -0.2) is 24.7 Å². The molecule has 1 saturated carbocycles. The van der Waals surface area contributed by atoms with Crippen molar-refractivity contribution in [3.63, 3.8) is 0 Å². The molecule has 0 aromatic rings. The number of halogens is 4. The van der Waals surface area contributed by atoms with Crippen molar-refractivity contribution >= 4 is 0 Å². The standard InChI is InChI=1S/C8H12F4/c9-5-1-2-6(10)8(12)4-3-7(5)11/h5-8H,1-4H2. The number of rotatable bonds is 0. The molecule has 1 fully saturated rings. The highest BCUT2D eigenvalue weighted by Crippen LogP contribution is 2.26. The molecular weight excluding hydrogens is 172 g/mol. The quantitative estimate of drug-likeness (QED) is 0.508. The maximum Gasteiger partial charge on any atom is 0.131 e. The summed E-state index contributed by atoms with van der Waals surface area (Å²) in [6.07, 6.45) is -7.28. The monoisotopic (exact) mass is 184 g/mol. The first-order valence-electron chi connectivity index (χ1n) is 4.17. The lowest BCUT2D eigenvalue weighted by atomic mass is 9.96. The summed E-state index contributed by atoms with van der Waals surface area (Å²) < 4.78 is 50.6. The molecule has 0 N–H and O–H groups in total. The smallest absolute Gasteiger partial charge is 0.131 e. The van der Waals surface area contributed by atoms with E-state index in [4.69, 9.17) is 0 Å². The summed E-state index contributed by atoms with van der Waals surface area (Å²) in [5, 5.41) is 0. The van der Waals surface area contributed by atoms with Crippen LogP contribution in [0.3, 0.4) is 0 Å². The van der Waals surface area contributed by atoms with Crippen LogP contribution in [0.2, 0.25) is 0 Å². The van der Waals surface area contributed by atoms with Crippen molar-refractivity contribution in [1.29, 1.82) is 0 Å². The highest BCUT2D eigenvalue weighted by Gasteiger charge is 2.30. The van der Waals surface area contributed by atoms with E-state index in [1.165, 1.54) is 0 Å². The normalized spacial score (nSPS) is 45.0. The van der Waals surface area contributed by atoms with Crippen molar-refractivity contribution in [3.05, 3.63) is 0 Å². The first-order chi connectivity index (χ1) is 5.61. The van der Waals surface area contributed by atoms with E-state index in [9.17, 15) is 17.6 Å². The second-order valence-electron chi connectivity index (χ2n) is 3.22. The molecule has 0 nitrogen and oxygen atoms in total. The maximum absolute atomic E-state index is 12.7. The molecule has 0 heterocycles. The summed E-state index contributed by atoms with van der Waals surface area (Å²) in [5.74, 6) is 0. The second kappa shape index (κ2) is 4.10. The summed E-state index contributed by atoms with van der Waals surface area (Å²) in [7, 11) is 0. The maximum atomic E-state index is 12.7. The molecule has 4 unspecified atom stereocenters. The highest BCUT2D eigenvalue weighted by molar-refractivity contribution is 4.79. The fourth-order valence-electron chi connectivity index (χ4n) is 1.36. The van der Waals surface area contributed by atoms with E-state index in [0.29, 0.717) is 0 Å². The summed E-state index contributed by atoms with van der Waals surface area (Å²) in [4.78, 5) is 0. The molecule has 1 aliphatic rings. The van der Waals surface area contributed by atoms with E-state index in [1.807, 2.05) is 0 Å². The van der Waals surface area contributed by atoms with E-state index < -0.39 is 24.7 Å². The van der Waals surface area contributed by atoms with Gasteiger partial charge in [-0.1, -0.05) is 0 Å². The van der Waals surface area contributed by atoms with Gasteiger partial charge in [0.15, 0.2) is 0 Å². The van der Waals surface area contributed by atoms with Crippen LogP contribution in [-0.2, 0) is 0 Å². The summed E-state index contributed by atoms with van der Waals surface area (Å²) in [6.45, 7) is 0. The largest absolute Gasteiger partial charge is 0.244 e. The van der Waals surface area contributed by atoms with Crippen LogP contribution in [0.15, 0.2) is 0 Å². The Morgan fingerprint density at radius 2 is 0.667 bits per heavy atom. The zero-order valence-corrected chi connectivity index (χ0v) is 6.65. The Labute approximate surface area is 69.0 Å². The van der Waals surface area contributed by atoms with Crippen molar-refractivity contribution in [2.45, 2.75) is 50.4 Å². The molecule has 0 aromatic carbocycles. The molecule has 72 valence electrons. The minimum atomic E-state index is -1.62. The molecule has 1 rings (SSSR count). The Hall–Kier alpha value is -0.280. The minimum absolute atomic E-state index is 0.206. The van der Waals surface area contributed by atoms with Gasteiger partial charge >= 0.3 is 0 Å². The van der Waals surface area contributed by atoms with Gasteiger partial charge in [0.2, 0.25) is 0 Å². The molecular formula is C8H12F4. The van der Waals surface area contributed by atoms with Gasteiger partial charge in [-0.3, -0.25) is 0 Å². The zero-order chi connectivity index (χ0) is 9.14. The Morgan fingerprint density at radius 1 is 0.500 bits per heavy atom. The van der Waals surface area contributed by atoms with Gasteiger partial charge in [0.05, 0.1) is 0 Å². The molecule has 0 aromatic heterocycles. The van der Waals surface area contributed by atoms with Crippen molar-refractivity contribution in [2.24, 2.45) is 0 Å². The van der Waals surface area contributed by atoms with Crippen molar-refractivity contribution < 1.29 is 17.6 Å². The summed E-state index contributed by atoms with van der Waals surface area (Å²) >= 11 is 0. The van der Waals surface area contributed by atoms with E-state index in [-0.39, 0.29) is 25.7 Å². The molecule has 1 aliphatic carbocycles. The summed E-state index contributed by atoms with van der Waals surface area (Å²) in [5.41, 5.74) is 0. The van der Waals surface area contributed by atoms with Crippen LogP contribution < -0.4 is 0 Å². The molecule has 4 heteroatoms. The van der Waals surface area contributed by atoms with Crippen LogP contribution in [0.4, 0.5) is 17.6 Å². The Morgan fingerprint density at radius 3 is 0.833 bits per heavy atom. The van der Waals surface area contributed by atoms with Gasteiger partial charge in [0, 0.05) is 0 Å². The molecule has 0 saturated heterocycles. The lowest BCUT2D eigenvalue weighted by molar-refractivity contribution is 0.0709. The van der Waals surface area contributed by atoms with Crippen LogP contribution in [0, 0.1) is 0 Å². The van der Waals surface area contributed by atoms with E-state index in [1.54, 1.807) is 0 Å². The van der Waals surface area contributed by atoms with Gasteiger partial charge < -0.3 is 0 Å². The molecule has 12 heavy (non-hydrogen) atoms. The van der Waals surface area contributed by atoms with Crippen molar-refractivity contribution in [3.8, 4) is 0 Å². The molecule has 0 bridgehead atoms. The predicted molar refractivity (Wildman–Crippen MR) is 38.1 cm³/mol. The van der Waals surface area contributed by atoms with Gasteiger partial charge in [0.1, 0.15) is 24.7 Å². The lowest BCUT2D eigenvalue weighted by Gasteiger charge is -2.21. The molecule has 0 amide bonds. The molecule has 0 radical (unpaired) electrons. The Kier molecular flexibility index (Phi) is 3.35. The third-order valence-electron chi connectivity index (χ3n) is 2.22. The third kappa shape index (κ3) is 2.35. The predicted octanol–water partition coefficient (Wildman–Crippen LogP) is 2.91. The molecule has 0 aliphatic heterocycles. The van der Waals surface area contributed by atoms with Crippen molar-refractivity contribution in [1.82, 2.24) is 0 Å². The van der Waals surface area contributed by atoms with Crippen LogP contribution in [0.1, 0.15) is 25.7 Å². The van der Waals surface area contributed by atoms with E-state index in [2.05, 4.69) is 0 Å². The highest BCUT2D eigenvalue weighted by atomic mass is 19.2. The molecule has 0 spiro atoms. The number of hydrogen-bond acceptors (Lipinski definition) is 0. The fraction of sp³-hybridized carbons (Fsp3) is 1.00. The Balaban J connectivity index is 2.45. The molecule has 4 atom stereocenters. The first kappa shape index (κ1) is 9.81. The van der Waals surface area contributed by atoms with Gasteiger partial charge in [-0.25, -0.2) is 17.6 Å². The van der Waals surface area contributed by atoms with Crippen LogP contribution >= 0.6 is 0 Å². The van der Waals surface area contributed by atoms with Gasteiger partial charge in [-0.05, 0) is 25.7 Å². The van der Waals surface area contributed by atoms with Gasteiger partial charge in [0.25, 0.3) is 0 Å². The SMILES string of the molecule is FC1CCC(F)C(F)CCC1F. The van der Waals surface area contributed by atoms with Crippen LogP contribution in [0.5, 0.6) is 0 Å². The van der Waals surface area contributed by atoms with E-state index in [0.717, 1.165) is 0 Å². The summed E-state index contributed by atoms with van der Waals surface area (Å²) in [6, 6.07) is 0. The van der Waals surface area contributed by atoms with E-state index >= 15 is 0 Å². The van der Waals surface area contributed by atoms with Gasteiger partial charge in [-0.2, -0.15) is 0 Å². The van der Waals surface area contributed by atoms with Gasteiger partial charge in [-0.15, -0.1) is 0 Å². The fourth-order valence-corrected chi connectivity index (χ4v) is 1.36. The minimum Gasteiger partial charge on any atom is -0.244 e.